The smallest absolute Gasteiger partial charge is 0.251 e. The average molecular weight is 266 g/mol. The highest BCUT2D eigenvalue weighted by atomic mass is 16.3. The number of aromatic hydroxyl groups is 1. The summed E-state index contributed by atoms with van der Waals surface area (Å²) in [5, 5.41) is 21.9. The Morgan fingerprint density at radius 3 is 2.74 bits per heavy atom. The minimum Gasteiger partial charge on any atom is -0.494 e. The molecule has 4 N–H and O–H groups in total. The molecule has 19 heavy (non-hydrogen) atoms. The Kier molecular flexibility index (Phi) is 4.21. The van der Waals surface area contributed by atoms with E-state index in [-0.39, 0.29) is 17.5 Å². The van der Waals surface area contributed by atoms with Gasteiger partial charge < -0.3 is 15.5 Å². The van der Waals surface area contributed by atoms with Crippen molar-refractivity contribution < 1.29 is 15.0 Å². The molecule has 0 aromatic carbocycles. The lowest BCUT2D eigenvalue weighted by Gasteiger charge is -2.21. The molecule has 0 bridgehead atoms. The number of H-pyrrole nitrogens is 1. The number of hydrogen-bond donors (Lipinski definition) is 4. The molecule has 104 valence electrons. The van der Waals surface area contributed by atoms with Gasteiger partial charge in [-0.25, -0.2) is 0 Å². The number of carbonyl (C=O) groups is 1. The summed E-state index contributed by atoms with van der Waals surface area (Å²) in [7, 11) is 0. The van der Waals surface area contributed by atoms with Crippen LogP contribution in [0.15, 0.2) is 16.9 Å². The average Bonchev–Trinajstić information content (AvgIpc) is 2.54. The Morgan fingerprint density at radius 1 is 1.26 bits per heavy atom. The highest BCUT2D eigenvalue weighted by molar-refractivity contribution is 5.94. The highest BCUT2D eigenvalue weighted by Gasteiger charge is 2.23. The van der Waals surface area contributed by atoms with Crippen LogP contribution >= 0.6 is 0 Å². The molecule has 6 nitrogen and oxygen atoms in total. The van der Waals surface area contributed by atoms with Crippen molar-refractivity contribution in [1.82, 2.24) is 10.3 Å². The maximum Gasteiger partial charge on any atom is 0.251 e. The van der Waals surface area contributed by atoms with Gasteiger partial charge in [0.2, 0.25) is 0 Å². The standard InChI is InChI=1S/C13H18N2O4/c16-10-5-3-1-2-4-9(10)14-13(19)8-6-11(17)15-12(18)7-8/h6-7,9-10,16H,1-5H2,(H,14,19)(H2,15,17,18). The fourth-order valence-electron chi connectivity index (χ4n) is 2.37. The van der Waals surface area contributed by atoms with Gasteiger partial charge in [0.15, 0.2) is 5.88 Å². The van der Waals surface area contributed by atoms with Gasteiger partial charge >= 0.3 is 0 Å². The van der Waals surface area contributed by atoms with Gasteiger partial charge in [-0.2, -0.15) is 0 Å². The molecule has 1 saturated carbocycles. The van der Waals surface area contributed by atoms with Crippen molar-refractivity contribution >= 4 is 5.91 Å². The molecule has 2 atom stereocenters. The van der Waals surface area contributed by atoms with Gasteiger partial charge in [0.1, 0.15) is 0 Å². The predicted octanol–water partition coefficient (Wildman–Crippen LogP) is 0.504. The molecule has 0 aliphatic heterocycles. The third-order valence-electron chi connectivity index (χ3n) is 3.39. The molecule has 1 heterocycles. The fraction of sp³-hybridized carbons (Fsp3) is 0.538. The first-order valence-corrected chi connectivity index (χ1v) is 6.48. The van der Waals surface area contributed by atoms with E-state index in [9.17, 15) is 19.8 Å². The topological polar surface area (TPSA) is 102 Å². The molecule has 6 heteroatoms. The van der Waals surface area contributed by atoms with Crippen LogP contribution < -0.4 is 10.9 Å². The van der Waals surface area contributed by atoms with Gasteiger partial charge in [-0.3, -0.25) is 14.6 Å². The predicted molar refractivity (Wildman–Crippen MR) is 69.1 cm³/mol. The van der Waals surface area contributed by atoms with Crippen LogP contribution in [0.3, 0.4) is 0 Å². The number of aromatic nitrogens is 1. The normalized spacial score (nSPS) is 23.6. The van der Waals surface area contributed by atoms with Crippen molar-refractivity contribution in [2.75, 3.05) is 0 Å². The fourth-order valence-corrected chi connectivity index (χ4v) is 2.37. The molecule has 0 saturated heterocycles. The third-order valence-corrected chi connectivity index (χ3v) is 3.39. The lowest BCUT2D eigenvalue weighted by molar-refractivity contribution is 0.0818. The molecule has 2 unspecified atom stereocenters. The highest BCUT2D eigenvalue weighted by Crippen LogP contribution is 2.18. The van der Waals surface area contributed by atoms with E-state index in [1.807, 2.05) is 0 Å². The summed E-state index contributed by atoms with van der Waals surface area (Å²) in [4.78, 5) is 25.3. The van der Waals surface area contributed by atoms with E-state index in [0.29, 0.717) is 6.42 Å². The Balaban J connectivity index is 2.09. The SMILES string of the molecule is O=C(NC1CCCCCC1O)c1cc(O)[nH]c(=O)c1. The van der Waals surface area contributed by atoms with Gasteiger partial charge in [-0.15, -0.1) is 0 Å². The Morgan fingerprint density at radius 2 is 2.00 bits per heavy atom. The quantitative estimate of drug-likeness (QED) is 0.585. The zero-order chi connectivity index (χ0) is 13.8. The lowest BCUT2D eigenvalue weighted by Crippen LogP contribution is -2.42. The third kappa shape index (κ3) is 3.57. The van der Waals surface area contributed by atoms with Crippen molar-refractivity contribution in [1.29, 1.82) is 0 Å². The van der Waals surface area contributed by atoms with Crippen LogP contribution in [-0.4, -0.2) is 33.3 Å². The van der Waals surface area contributed by atoms with Gasteiger partial charge in [-0.05, 0) is 12.8 Å². The van der Waals surface area contributed by atoms with Crippen LogP contribution in [0.25, 0.3) is 0 Å². The van der Waals surface area contributed by atoms with Crippen LogP contribution in [0.4, 0.5) is 0 Å². The number of aliphatic hydroxyl groups excluding tert-OH is 1. The van der Waals surface area contributed by atoms with Crippen LogP contribution in [0.2, 0.25) is 0 Å². The second-order valence-electron chi connectivity index (χ2n) is 4.90. The first kappa shape index (κ1) is 13.6. The number of hydrogen-bond acceptors (Lipinski definition) is 4. The molecule has 0 radical (unpaired) electrons. The molecular weight excluding hydrogens is 248 g/mol. The first-order valence-electron chi connectivity index (χ1n) is 6.48. The van der Waals surface area contributed by atoms with Crippen molar-refractivity contribution in [2.45, 2.75) is 44.2 Å². The second kappa shape index (κ2) is 5.88. The summed E-state index contributed by atoms with van der Waals surface area (Å²) in [6.07, 6.45) is 3.81. The summed E-state index contributed by atoms with van der Waals surface area (Å²) in [5.41, 5.74) is -0.440. The number of aliphatic hydroxyl groups is 1. The molecule has 0 spiro atoms. The van der Waals surface area contributed by atoms with Gasteiger partial charge in [0, 0.05) is 12.1 Å². The monoisotopic (exact) mass is 266 g/mol. The summed E-state index contributed by atoms with van der Waals surface area (Å²) in [5.74, 6) is -0.800. The van der Waals surface area contributed by atoms with E-state index in [2.05, 4.69) is 10.3 Å². The van der Waals surface area contributed by atoms with E-state index in [1.54, 1.807) is 0 Å². The summed E-state index contributed by atoms with van der Waals surface area (Å²) >= 11 is 0. The molecule has 1 fully saturated rings. The summed E-state index contributed by atoms with van der Waals surface area (Å²) in [6.45, 7) is 0. The molecule has 1 aromatic rings. The summed E-state index contributed by atoms with van der Waals surface area (Å²) in [6, 6.07) is 2.02. The van der Waals surface area contributed by atoms with Crippen LogP contribution in [0.5, 0.6) is 5.88 Å². The minimum atomic E-state index is -0.554. The van der Waals surface area contributed by atoms with E-state index in [4.69, 9.17) is 0 Å². The summed E-state index contributed by atoms with van der Waals surface area (Å²) < 4.78 is 0. The number of amides is 1. The maximum absolute atomic E-state index is 12.0. The largest absolute Gasteiger partial charge is 0.494 e. The number of rotatable bonds is 2. The zero-order valence-electron chi connectivity index (χ0n) is 10.6. The van der Waals surface area contributed by atoms with Crippen molar-refractivity contribution in [3.63, 3.8) is 0 Å². The lowest BCUT2D eigenvalue weighted by atomic mass is 10.1. The Hall–Kier alpha value is -1.82. The first-order chi connectivity index (χ1) is 9.06. The number of carbonyl (C=O) groups excluding carboxylic acids is 1. The van der Waals surface area contributed by atoms with E-state index in [0.717, 1.165) is 31.7 Å². The molecule has 2 rings (SSSR count). The molecule has 1 aliphatic rings. The van der Waals surface area contributed by atoms with Crippen molar-refractivity contribution in [2.24, 2.45) is 0 Å². The van der Waals surface area contributed by atoms with Crippen LogP contribution in [-0.2, 0) is 0 Å². The van der Waals surface area contributed by atoms with E-state index in [1.165, 1.54) is 6.07 Å². The van der Waals surface area contributed by atoms with Crippen LogP contribution in [0.1, 0.15) is 42.5 Å². The minimum absolute atomic E-state index is 0.0951. The number of nitrogens with one attached hydrogen (secondary N) is 2. The molecule has 1 aromatic heterocycles. The maximum atomic E-state index is 12.0. The van der Waals surface area contributed by atoms with Gasteiger partial charge in [0.05, 0.1) is 17.7 Å². The Labute approximate surface area is 110 Å². The van der Waals surface area contributed by atoms with E-state index >= 15 is 0 Å². The zero-order valence-corrected chi connectivity index (χ0v) is 10.6. The second-order valence-corrected chi connectivity index (χ2v) is 4.90. The molecular formula is C13H18N2O4. The van der Waals surface area contributed by atoms with Crippen molar-refractivity contribution in [3.05, 3.63) is 28.0 Å². The molecule has 1 aliphatic carbocycles. The van der Waals surface area contributed by atoms with Crippen LogP contribution in [0, 0.1) is 0 Å². The number of pyridine rings is 1. The number of aromatic amines is 1. The van der Waals surface area contributed by atoms with Gasteiger partial charge in [-0.1, -0.05) is 19.3 Å². The Bertz CT molecular complexity index is 512. The van der Waals surface area contributed by atoms with Gasteiger partial charge in [0.25, 0.3) is 11.5 Å². The molecule has 1 amide bonds. The van der Waals surface area contributed by atoms with Crippen molar-refractivity contribution in [3.8, 4) is 5.88 Å². The van der Waals surface area contributed by atoms with E-state index < -0.39 is 17.6 Å².